The molecular weight excluding hydrogens is 380 g/mol. The van der Waals surface area contributed by atoms with Crippen LogP contribution in [0, 0.1) is 0 Å². The number of H-pyrrole nitrogens is 1. The van der Waals surface area contributed by atoms with Gasteiger partial charge in [0.25, 0.3) is 0 Å². The number of pyridine rings is 1. The van der Waals surface area contributed by atoms with Crippen molar-refractivity contribution in [3.63, 3.8) is 0 Å². The summed E-state index contributed by atoms with van der Waals surface area (Å²) in [6.45, 7) is 2.86. The Morgan fingerprint density at radius 1 is 1.03 bits per heavy atom. The topological polar surface area (TPSA) is 114 Å². The highest BCUT2D eigenvalue weighted by Gasteiger charge is 2.11. The Kier molecular flexibility index (Phi) is 5.79. The van der Waals surface area contributed by atoms with Crippen molar-refractivity contribution >= 4 is 17.6 Å². The minimum atomic E-state index is 0.248. The van der Waals surface area contributed by atoms with Crippen LogP contribution < -0.4 is 15.4 Å². The molecule has 3 heterocycles. The lowest BCUT2D eigenvalue weighted by atomic mass is 10.00. The van der Waals surface area contributed by atoms with Crippen LogP contribution in [0.3, 0.4) is 0 Å². The van der Waals surface area contributed by atoms with Crippen LogP contribution in [0.25, 0.3) is 11.3 Å². The number of hydrogen-bond acceptors (Lipinski definition) is 8. The van der Waals surface area contributed by atoms with Crippen LogP contribution >= 0.6 is 0 Å². The Morgan fingerprint density at radius 2 is 1.93 bits per heavy atom. The van der Waals surface area contributed by atoms with Crippen LogP contribution in [-0.2, 0) is 0 Å². The molecule has 0 aliphatic carbocycles. The van der Waals surface area contributed by atoms with E-state index in [4.69, 9.17) is 4.74 Å². The summed E-state index contributed by atoms with van der Waals surface area (Å²) in [5.74, 6) is 2.97. The number of methoxy groups -OCH3 is 1. The molecule has 0 unspecified atom stereocenters. The van der Waals surface area contributed by atoms with E-state index in [9.17, 15) is 0 Å². The van der Waals surface area contributed by atoms with Gasteiger partial charge in [0.1, 0.15) is 30.0 Å². The minimum absolute atomic E-state index is 0.248. The predicted molar refractivity (Wildman–Crippen MR) is 115 cm³/mol. The first-order chi connectivity index (χ1) is 14.7. The van der Waals surface area contributed by atoms with Crippen LogP contribution in [0.1, 0.15) is 18.4 Å². The number of aromatic nitrogens is 6. The summed E-state index contributed by atoms with van der Waals surface area (Å²) in [5.41, 5.74) is 2.85. The van der Waals surface area contributed by atoms with E-state index in [1.165, 1.54) is 6.33 Å². The molecular formula is C21H22N8O. The van der Waals surface area contributed by atoms with Crippen molar-refractivity contribution in [2.24, 2.45) is 0 Å². The summed E-state index contributed by atoms with van der Waals surface area (Å²) in [7, 11) is 1.69. The van der Waals surface area contributed by atoms with E-state index >= 15 is 0 Å². The van der Waals surface area contributed by atoms with E-state index in [0.717, 1.165) is 28.4 Å². The smallest absolute Gasteiger partial charge is 0.247 e. The van der Waals surface area contributed by atoms with Gasteiger partial charge in [0.2, 0.25) is 5.95 Å². The first-order valence-electron chi connectivity index (χ1n) is 9.51. The molecule has 0 spiro atoms. The highest BCUT2D eigenvalue weighted by molar-refractivity contribution is 5.66. The molecule has 1 aromatic carbocycles. The number of ether oxygens (including phenoxy) is 1. The van der Waals surface area contributed by atoms with E-state index in [2.05, 4.69) is 53.8 Å². The van der Waals surface area contributed by atoms with E-state index in [-0.39, 0.29) is 5.92 Å². The summed E-state index contributed by atoms with van der Waals surface area (Å²) in [6.07, 6.45) is 4.76. The Morgan fingerprint density at radius 3 is 2.77 bits per heavy atom. The van der Waals surface area contributed by atoms with Crippen molar-refractivity contribution < 1.29 is 4.74 Å². The third kappa shape index (κ3) is 4.52. The number of hydrogen-bond donors (Lipinski definition) is 3. The Labute approximate surface area is 174 Å². The number of benzene rings is 1. The molecule has 0 amide bonds. The average Bonchev–Trinajstić information content (AvgIpc) is 3.31. The zero-order chi connectivity index (χ0) is 20.8. The molecule has 152 valence electrons. The SMILES string of the molecule is COc1ccccc1[C@H](C)CNc1cc(-c2ccnc(Nc3nc[nH]n3)c2)ncn1. The van der Waals surface area contributed by atoms with E-state index in [0.29, 0.717) is 18.3 Å². The zero-order valence-electron chi connectivity index (χ0n) is 16.7. The summed E-state index contributed by atoms with van der Waals surface area (Å²) in [6, 6.07) is 13.7. The van der Waals surface area contributed by atoms with Crippen molar-refractivity contribution in [2.75, 3.05) is 24.3 Å². The van der Waals surface area contributed by atoms with Gasteiger partial charge in [-0.05, 0) is 23.8 Å². The van der Waals surface area contributed by atoms with Gasteiger partial charge in [0.15, 0.2) is 0 Å². The van der Waals surface area contributed by atoms with Crippen LogP contribution in [0.5, 0.6) is 5.75 Å². The number of rotatable bonds is 8. The van der Waals surface area contributed by atoms with Gasteiger partial charge in [0.05, 0.1) is 12.8 Å². The first-order valence-corrected chi connectivity index (χ1v) is 9.51. The molecule has 4 rings (SSSR count). The molecule has 0 fully saturated rings. The van der Waals surface area contributed by atoms with Crippen LogP contribution in [-0.4, -0.2) is 43.8 Å². The van der Waals surface area contributed by atoms with Gasteiger partial charge in [0, 0.05) is 30.3 Å². The van der Waals surface area contributed by atoms with Crippen molar-refractivity contribution in [3.05, 3.63) is 66.9 Å². The molecule has 0 bridgehead atoms. The van der Waals surface area contributed by atoms with Crippen LogP contribution in [0.4, 0.5) is 17.6 Å². The fraction of sp³-hybridized carbons (Fsp3) is 0.190. The van der Waals surface area contributed by atoms with Crippen LogP contribution in [0.2, 0.25) is 0 Å². The maximum Gasteiger partial charge on any atom is 0.247 e. The molecule has 9 heteroatoms. The lowest BCUT2D eigenvalue weighted by Crippen LogP contribution is -2.12. The third-order valence-electron chi connectivity index (χ3n) is 4.64. The molecule has 30 heavy (non-hydrogen) atoms. The Hall–Kier alpha value is -4.01. The normalized spacial score (nSPS) is 11.7. The van der Waals surface area contributed by atoms with Gasteiger partial charge in [-0.3, -0.25) is 5.10 Å². The van der Waals surface area contributed by atoms with Crippen molar-refractivity contribution in [1.82, 2.24) is 30.1 Å². The van der Waals surface area contributed by atoms with E-state index in [1.807, 2.05) is 36.4 Å². The summed E-state index contributed by atoms with van der Waals surface area (Å²) in [5, 5.41) is 13.1. The van der Waals surface area contributed by atoms with E-state index in [1.54, 1.807) is 19.6 Å². The Bertz CT molecular complexity index is 1100. The molecule has 0 saturated carbocycles. The number of nitrogens with zero attached hydrogens (tertiary/aromatic N) is 5. The maximum atomic E-state index is 5.47. The van der Waals surface area contributed by atoms with Crippen molar-refractivity contribution in [2.45, 2.75) is 12.8 Å². The highest BCUT2D eigenvalue weighted by Crippen LogP contribution is 2.27. The summed E-state index contributed by atoms with van der Waals surface area (Å²) in [4.78, 5) is 17.1. The maximum absolute atomic E-state index is 5.47. The number of nitrogens with one attached hydrogen (secondary N) is 3. The number of anilines is 3. The molecule has 1 atom stereocenters. The fourth-order valence-corrected chi connectivity index (χ4v) is 3.09. The monoisotopic (exact) mass is 402 g/mol. The number of para-hydroxylation sites is 1. The molecule has 3 aromatic heterocycles. The molecule has 0 aliphatic heterocycles. The molecule has 0 saturated heterocycles. The molecule has 0 aliphatic rings. The van der Waals surface area contributed by atoms with E-state index < -0.39 is 0 Å². The van der Waals surface area contributed by atoms with Gasteiger partial charge < -0.3 is 15.4 Å². The van der Waals surface area contributed by atoms with Crippen molar-refractivity contribution in [1.29, 1.82) is 0 Å². The quantitative estimate of drug-likeness (QED) is 0.409. The van der Waals surface area contributed by atoms with Gasteiger partial charge in [-0.25, -0.2) is 19.9 Å². The van der Waals surface area contributed by atoms with Gasteiger partial charge in [-0.2, -0.15) is 0 Å². The Balaban J connectivity index is 1.46. The second-order valence-corrected chi connectivity index (χ2v) is 6.69. The van der Waals surface area contributed by atoms with Crippen molar-refractivity contribution in [3.8, 4) is 17.0 Å². The van der Waals surface area contributed by atoms with Gasteiger partial charge in [-0.15, -0.1) is 5.10 Å². The summed E-state index contributed by atoms with van der Waals surface area (Å²) >= 11 is 0. The summed E-state index contributed by atoms with van der Waals surface area (Å²) < 4.78 is 5.47. The minimum Gasteiger partial charge on any atom is -0.496 e. The third-order valence-corrected chi connectivity index (χ3v) is 4.64. The molecule has 9 nitrogen and oxygen atoms in total. The second kappa shape index (κ2) is 8.99. The lowest BCUT2D eigenvalue weighted by molar-refractivity contribution is 0.407. The second-order valence-electron chi connectivity index (χ2n) is 6.69. The standard InChI is InChI=1S/C21H22N8O/c1-14(16-5-3-4-6-18(16)30-2)11-23-19-10-17(24-12-25-19)15-7-8-22-20(9-15)28-21-26-13-27-29-21/h3-10,12-14H,11H2,1-2H3,(H,23,24,25)(H2,22,26,27,28,29)/t14-/m1/s1. The number of aromatic amines is 1. The van der Waals surface area contributed by atoms with Gasteiger partial charge in [-0.1, -0.05) is 25.1 Å². The highest BCUT2D eigenvalue weighted by atomic mass is 16.5. The molecule has 0 radical (unpaired) electrons. The lowest BCUT2D eigenvalue weighted by Gasteiger charge is -2.16. The average molecular weight is 402 g/mol. The molecule has 4 aromatic rings. The van der Waals surface area contributed by atoms with Gasteiger partial charge >= 0.3 is 0 Å². The predicted octanol–water partition coefficient (Wildman–Crippen LogP) is 3.62. The van der Waals surface area contributed by atoms with Crippen LogP contribution in [0.15, 0.2) is 61.3 Å². The first kappa shape index (κ1) is 19.3. The molecule has 3 N–H and O–H groups in total. The largest absolute Gasteiger partial charge is 0.496 e. The fourth-order valence-electron chi connectivity index (χ4n) is 3.09. The zero-order valence-corrected chi connectivity index (χ0v) is 16.7.